The fraction of sp³-hybridized carbons (Fsp3) is 0.375. The van der Waals surface area contributed by atoms with Crippen LogP contribution in [0.1, 0.15) is 24.7 Å². The molecule has 2 amide bonds. The molecule has 1 aliphatic carbocycles. The number of amides is 2. The van der Waals surface area contributed by atoms with Crippen molar-refractivity contribution in [3.05, 3.63) is 35.9 Å². The third kappa shape index (κ3) is 4.79. The Bertz CT molecular complexity index is 773. The van der Waals surface area contributed by atoms with E-state index in [9.17, 15) is 14.0 Å². The van der Waals surface area contributed by atoms with Gasteiger partial charge in [-0.3, -0.25) is 9.59 Å². The van der Waals surface area contributed by atoms with Crippen LogP contribution in [0.25, 0.3) is 0 Å². The van der Waals surface area contributed by atoms with Crippen molar-refractivity contribution in [1.29, 1.82) is 0 Å². The van der Waals surface area contributed by atoms with E-state index < -0.39 is 0 Å². The Morgan fingerprint density at radius 2 is 1.96 bits per heavy atom. The van der Waals surface area contributed by atoms with Crippen LogP contribution < -0.4 is 10.6 Å². The maximum absolute atomic E-state index is 12.8. The van der Waals surface area contributed by atoms with Gasteiger partial charge in [-0.1, -0.05) is 11.8 Å². The number of rotatable bonds is 7. The lowest BCUT2D eigenvalue weighted by Gasteiger charge is -2.08. The summed E-state index contributed by atoms with van der Waals surface area (Å²) in [6, 6.07) is 5.86. The molecule has 9 heteroatoms. The first-order chi connectivity index (χ1) is 12.0. The Morgan fingerprint density at radius 3 is 2.64 bits per heavy atom. The third-order valence-electron chi connectivity index (χ3n) is 3.65. The number of carbonyl (C=O) groups is 2. The third-order valence-corrected chi connectivity index (χ3v) is 4.60. The summed E-state index contributed by atoms with van der Waals surface area (Å²) in [7, 11) is 0. The van der Waals surface area contributed by atoms with Gasteiger partial charge < -0.3 is 15.2 Å². The van der Waals surface area contributed by atoms with E-state index in [1.807, 2.05) is 6.92 Å². The van der Waals surface area contributed by atoms with Crippen LogP contribution >= 0.6 is 11.8 Å². The Balaban J connectivity index is 1.42. The molecule has 1 saturated carbocycles. The lowest BCUT2D eigenvalue weighted by molar-refractivity contribution is -0.122. The van der Waals surface area contributed by atoms with E-state index in [2.05, 4.69) is 25.4 Å². The number of hydrogen-bond acceptors (Lipinski definition) is 5. The lowest BCUT2D eigenvalue weighted by Crippen LogP contribution is -2.33. The average molecular weight is 363 g/mol. The van der Waals surface area contributed by atoms with E-state index in [-0.39, 0.29) is 29.9 Å². The Hall–Kier alpha value is -2.42. The zero-order valence-corrected chi connectivity index (χ0v) is 14.5. The van der Waals surface area contributed by atoms with Crippen molar-refractivity contribution in [1.82, 2.24) is 20.1 Å². The largest absolute Gasteiger partial charge is 0.346 e. The Labute approximate surface area is 148 Å². The van der Waals surface area contributed by atoms with Gasteiger partial charge in [-0.25, -0.2) is 4.39 Å². The molecule has 0 aliphatic heterocycles. The molecule has 1 heterocycles. The minimum atomic E-state index is -0.377. The summed E-state index contributed by atoms with van der Waals surface area (Å²) in [4.78, 5) is 23.7. The van der Waals surface area contributed by atoms with Crippen LogP contribution in [0.15, 0.2) is 29.4 Å². The summed E-state index contributed by atoms with van der Waals surface area (Å²) in [5, 5.41) is 14.0. The van der Waals surface area contributed by atoms with Crippen molar-refractivity contribution in [3.63, 3.8) is 0 Å². The van der Waals surface area contributed by atoms with Gasteiger partial charge in [0, 0.05) is 11.7 Å². The molecule has 1 aromatic carbocycles. The molecule has 0 atom stereocenters. The molecule has 0 radical (unpaired) electrons. The molecule has 2 aromatic rings. The number of halogens is 1. The highest BCUT2D eigenvalue weighted by Crippen LogP contribution is 2.38. The van der Waals surface area contributed by atoms with E-state index >= 15 is 0 Å². The number of aromatic nitrogens is 3. The van der Waals surface area contributed by atoms with Crippen LogP contribution in [0.2, 0.25) is 0 Å². The zero-order valence-electron chi connectivity index (χ0n) is 13.7. The summed E-state index contributed by atoms with van der Waals surface area (Å²) in [5.74, 6) is 0.000188. The zero-order chi connectivity index (χ0) is 17.8. The number of hydrogen-bond donors (Lipinski definition) is 2. The number of carbonyl (C=O) groups excluding carboxylic acids is 2. The topological polar surface area (TPSA) is 88.9 Å². The SMILES string of the molecule is Cc1nnc(SCC(=O)NCC(=O)Nc2ccc(F)cc2)n1C1CC1. The van der Waals surface area contributed by atoms with Crippen LogP contribution in [0.3, 0.4) is 0 Å². The minimum absolute atomic E-state index is 0.148. The van der Waals surface area contributed by atoms with Gasteiger partial charge in [0.2, 0.25) is 11.8 Å². The second-order valence-corrected chi connectivity index (χ2v) is 6.69. The van der Waals surface area contributed by atoms with Gasteiger partial charge in [0.05, 0.1) is 12.3 Å². The molecule has 0 bridgehead atoms. The number of thioether (sulfide) groups is 1. The van der Waals surface area contributed by atoms with Crippen LogP contribution in [-0.2, 0) is 9.59 Å². The molecule has 1 aliphatic rings. The quantitative estimate of drug-likeness (QED) is 0.734. The first kappa shape index (κ1) is 17.4. The van der Waals surface area contributed by atoms with E-state index in [1.54, 1.807) is 0 Å². The molecule has 1 aromatic heterocycles. The minimum Gasteiger partial charge on any atom is -0.346 e. The molecule has 3 rings (SSSR count). The van der Waals surface area contributed by atoms with Gasteiger partial charge in [-0.05, 0) is 44.0 Å². The van der Waals surface area contributed by atoms with Crippen molar-refractivity contribution >= 4 is 29.3 Å². The number of anilines is 1. The second kappa shape index (κ2) is 7.64. The molecular formula is C16H18FN5O2S. The monoisotopic (exact) mass is 363 g/mol. The van der Waals surface area contributed by atoms with Gasteiger partial charge in [0.25, 0.3) is 0 Å². The highest BCUT2D eigenvalue weighted by molar-refractivity contribution is 7.99. The molecule has 2 N–H and O–H groups in total. The van der Waals surface area contributed by atoms with Gasteiger partial charge >= 0.3 is 0 Å². The molecule has 1 fully saturated rings. The molecule has 0 spiro atoms. The number of aryl methyl sites for hydroxylation is 1. The van der Waals surface area contributed by atoms with Gasteiger partial charge in [0.1, 0.15) is 11.6 Å². The average Bonchev–Trinajstić information content (AvgIpc) is 3.36. The van der Waals surface area contributed by atoms with E-state index in [0.717, 1.165) is 23.8 Å². The summed E-state index contributed by atoms with van der Waals surface area (Å²) < 4.78 is 14.9. The fourth-order valence-electron chi connectivity index (χ4n) is 2.30. The van der Waals surface area contributed by atoms with E-state index in [0.29, 0.717) is 11.7 Å². The first-order valence-electron chi connectivity index (χ1n) is 7.89. The maximum Gasteiger partial charge on any atom is 0.243 e. The Kier molecular flexibility index (Phi) is 5.32. The predicted molar refractivity (Wildman–Crippen MR) is 91.8 cm³/mol. The number of nitrogens with zero attached hydrogens (tertiary/aromatic N) is 3. The summed E-state index contributed by atoms with van der Waals surface area (Å²) in [6.45, 7) is 1.75. The summed E-state index contributed by atoms with van der Waals surface area (Å²) >= 11 is 1.31. The van der Waals surface area contributed by atoms with E-state index in [1.165, 1.54) is 36.0 Å². The van der Waals surface area contributed by atoms with Crippen molar-refractivity contribution in [3.8, 4) is 0 Å². The lowest BCUT2D eigenvalue weighted by atomic mass is 10.3. The van der Waals surface area contributed by atoms with Gasteiger partial charge in [-0.15, -0.1) is 10.2 Å². The predicted octanol–water partition coefficient (Wildman–Crippen LogP) is 1.91. The first-order valence-corrected chi connectivity index (χ1v) is 8.88. The number of benzene rings is 1. The fourth-order valence-corrected chi connectivity index (χ4v) is 3.18. The van der Waals surface area contributed by atoms with Crippen LogP contribution in [-0.4, -0.2) is 38.9 Å². The van der Waals surface area contributed by atoms with E-state index in [4.69, 9.17) is 0 Å². The molecular weight excluding hydrogens is 345 g/mol. The van der Waals surface area contributed by atoms with Gasteiger partial charge in [0.15, 0.2) is 5.16 Å². The molecule has 7 nitrogen and oxygen atoms in total. The van der Waals surface area contributed by atoms with Crippen LogP contribution in [0, 0.1) is 12.7 Å². The molecule has 0 saturated heterocycles. The molecule has 0 unspecified atom stereocenters. The molecule has 132 valence electrons. The van der Waals surface area contributed by atoms with Gasteiger partial charge in [-0.2, -0.15) is 0 Å². The van der Waals surface area contributed by atoms with Crippen molar-refractivity contribution in [2.75, 3.05) is 17.6 Å². The summed E-state index contributed by atoms with van der Waals surface area (Å²) in [6.07, 6.45) is 2.23. The highest BCUT2D eigenvalue weighted by atomic mass is 32.2. The summed E-state index contributed by atoms with van der Waals surface area (Å²) in [5.41, 5.74) is 0.475. The van der Waals surface area contributed by atoms with Crippen LogP contribution in [0.5, 0.6) is 0 Å². The van der Waals surface area contributed by atoms with Crippen LogP contribution in [0.4, 0.5) is 10.1 Å². The van der Waals surface area contributed by atoms with Crippen molar-refractivity contribution < 1.29 is 14.0 Å². The normalized spacial score (nSPS) is 13.5. The maximum atomic E-state index is 12.8. The molecule has 25 heavy (non-hydrogen) atoms. The second-order valence-electron chi connectivity index (χ2n) is 5.75. The van der Waals surface area contributed by atoms with Crippen molar-refractivity contribution in [2.24, 2.45) is 0 Å². The van der Waals surface area contributed by atoms with Crippen molar-refractivity contribution in [2.45, 2.75) is 31.0 Å². The highest BCUT2D eigenvalue weighted by Gasteiger charge is 2.28. The standard InChI is InChI=1S/C16H18FN5O2S/c1-10-20-21-16(22(10)13-6-7-13)25-9-15(24)18-8-14(23)19-12-4-2-11(17)3-5-12/h2-5,13H,6-9H2,1H3,(H,18,24)(H,19,23). The Morgan fingerprint density at radius 1 is 1.24 bits per heavy atom. The smallest absolute Gasteiger partial charge is 0.243 e. The number of nitrogens with one attached hydrogen (secondary N) is 2.